The summed E-state index contributed by atoms with van der Waals surface area (Å²) in [5.74, 6) is -0.797. The Balaban J connectivity index is 1.83. The van der Waals surface area contributed by atoms with Crippen LogP contribution in [-0.2, 0) is 21.3 Å². The van der Waals surface area contributed by atoms with Gasteiger partial charge in [0.25, 0.3) is 10.0 Å². The van der Waals surface area contributed by atoms with Gasteiger partial charge in [-0.25, -0.2) is 17.5 Å². The van der Waals surface area contributed by atoms with Gasteiger partial charge in [0.15, 0.2) is 0 Å². The van der Waals surface area contributed by atoms with Crippen molar-refractivity contribution >= 4 is 22.1 Å². The van der Waals surface area contributed by atoms with Crippen LogP contribution in [0.15, 0.2) is 120 Å². The zero-order chi connectivity index (χ0) is 24.7. The molecule has 0 aliphatic heterocycles. The van der Waals surface area contributed by atoms with Gasteiger partial charge in [-0.3, -0.25) is 4.98 Å². The molecule has 0 N–H and O–H groups in total. The smallest absolute Gasteiger partial charge is 0.344 e. The van der Waals surface area contributed by atoms with Crippen LogP contribution in [0.4, 0.5) is 0 Å². The quantitative estimate of drug-likeness (QED) is 0.246. The van der Waals surface area contributed by atoms with Crippen molar-refractivity contribution in [1.29, 1.82) is 0 Å². The van der Waals surface area contributed by atoms with Crippen LogP contribution in [0.25, 0.3) is 6.08 Å². The maximum absolute atomic E-state index is 13.9. The molecule has 0 aliphatic carbocycles. The second-order valence-electron chi connectivity index (χ2n) is 7.83. The van der Waals surface area contributed by atoms with Crippen molar-refractivity contribution < 1.29 is 17.9 Å². The van der Waals surface area contributed by atoms with Crippen LogP contribution in [-0.4, -0.2) is 23.7 Å². The van der Waals surface area contributed by atoms with E-state index in [1.807, 2.05) is 37.3 Å². The SMILES string of the molecule is Cc1ccc(S(=O)(=O)N(Cc2ccccc2)/C(=C\c2cccnc2)OC(=O)c2ccccc2)cc1. The highest BCUT2D eigenvalue weighted by atomic mass is 32.2. The topological polar surface area (TPSA) is 76.6 Å². The van der Waals surface area contributed by atoms with Crippen molar-refractivity contribution in [3.63, 3.8) is 0 Å². The maximum atomic E-state index is 13.9. The highest BCUT2D eigenvalue weighted by Gasteiger charge is 2.30. The molecule has 6 nitrogen and oxygen atoms in total. The van der Waals surface area contributed by atoms with Crippen LogP contribution in [0.1, 0.15) is 27.0 Å². The molecule has 1 heterocycles. The first-order chi connectivity index (χ1) is 16.9. The summed E-state index contributed by atoms with van der Waals surface area (Å²) in [6.07, 6.45) is 4.68. The lowest BCUT2D eigenvalue weighted by atomic mass is 10.2. The number of esters is 1. The van der Waals surface area contributed by atoms with E-state index >= 15 is 0 Å². The molecule has 176 valence electrons. The number of hydrogen-bond donors (Lipinski definition) is 0. The van der Waals surface area contributed by atoms with Gasteiger partial charge in [0.2, 0.25) is 5.88 Å². The summed E-state index contributed by atoms with van der Waals surface area (Å²) in [6, 6.07) is 27.6. The Labute approximate surface area is 205 Å². The number of hydrogen-bond acceptors (Lipinski definition) is 5. The van der Waals surface area contributed by atoms with Crippen molar-refractivity contribution in [2.45, 2.75) is 18.4 Å². The summed E-state index contributed by atoms with van der Waals surface area (Å²) < 4.78 is 34.6. The highest BCUT2D eigenvalue weighted by Crippen LogP contribution is 2.26. The van der Waals surface area contributed by atoms with Crippen LogP contribution < -0.4 is 0 Å². The summed E-state index contributed by atoms with van der Waals surface area (Å²) in [6.45, 7) is 1.85. The molecule has 0 bridgehead atoms. The number of ether oxygens (including phenoxy) is 1. The molecule has 0 amide bonds. The van der Waals surface area contributed by atoms with E-state index in [0.29, 0.717) is 11.1 Å². The summed E-state index contributed by atoms with van der Waals surface area (Å²) >= 11 is 0. The van der Waals surface area contributed by atoms with E-state index in [-0.39, 0.29) is 17.3 Å². The van der Waals surface area contributed by atoms with E-state index in [4.69, 9.17) is 4.74 Å². The van der Waals surface area contributed by atoms with Gasteiger partial charge in [0.1, 0.15) is 0 Å². The molecule has 0 aliphatic rings. The van der Waals surface area contributed by atoms with E-state index < -0.39 is 16.0 Å². The Morgan fingerprint density at radius 2 is 1.54 bits per heavy atom. The lowest BCUT2D eigenvalue weighted by Crippen LogP contribution is -2.32. The Morgan fingerprint density at radius 1 is 0.886 bits per heavy atom. The molecule has 4 aromatic rings. The molecular weight excluding hydrogens is 460 g/mol. The number of sulfonamides is 1. The van der Waals surface area contributed by atoms with Gasteiger partial charge >= 0.3 is 5.97 Å². The predicted molar refractivity (Wildman–Crippen MR) is 134 cm³/mol. The summed E-state index contributed by atoms with van der Waals surface area (Å²) in [7, 11) is -4.10. The zero-order valence-electron chi connectivity index (χ0n) is 19.1. The van der Waals surface area contributed by atoms with Crippen LogP contribution in [0, 0.1) is 6.92 Å². The van der Waals surface area contributed by atoms with Gasteiger partial charge in [0, 0.05) is 18.5 Å². The fraction of sp³-hybridized carbons (Fsp3) is 0.0714. The second kappa shape index (κ2) is 10.8. The maximum Gasteiger partial charge on any atom is 0.344 e. The van der Waals surface area contributed by atoms with Crippen LogP contribution in [0.5, 0.6) is 0 Å². The predicted octanol–water partition coefficient (Wildman–Crippen LogP) is 5.44. The summed E-state index contributed by atoms with van der Waals surface area (Å²) in [5, 5.41) is 0. The van der Waals surface area contributed by atoms with Crippen LogP contribution in [0.3, 0.4) is 0 Å². The lowest BCUT2D eigenvalue weighted by Gasteiger charge is -2.26. The molecule has 0 unspecified atom stereocenters. The number of carbonyl (C=O) groups is 1. The first-order valence-corrected chi connectivity index (χ1v) is 12.4. The van der Waals surface area contributed by atoms with Crippen molar-refractivity contribution in [3.8, 4) is 0 Å². The molecule has 0 fully saturated rings. The van der Waals surface area contributed by atoms with Gasteiger partial charge in [-0.1, -0.05) is 72.3 Å². The first kappa shape index (κ1) is 23.9. The Kier molecular flexibility index (Phi) is 7.38. The van der Waals surface area contributed by atoms with Crippen molar-refractivity contribution in [3.05, 3.63) is 138 Å². The molecule has 0 radical (unpaired) electrons. The molecule has 0 saturated carbocycles. The van der Waals surface area contributed by atoms with Crippen molar-refractivity contribution in [2.75, 3.05) is 0 Å². The number of carbonyl (C=O) groups excluding carboxylic acids is 1. The Morgan fingerprint density at radius 3 is 2.17 bits per heavy atom. The van der Waals surface area contributed by atoms with Crippen molar-refractivity contribution in [1.82, 2.24) is 9.29 Å². The van der Waals surface area contributed by atoms with Gasteiger partial charge in [-0.15, -0.1) is 0 Å². The van der Waals surface area contributed by atoms with Gasteiger partial charge in [-0.05, 0) is 48.4 Å². The second-order valence-corrected chi connectivity index (χ2v) is 9.70. The number of nitrogens with zero attached hydrogens (tertiary/aromatic N) is 2. The van der Waals surface area contributed by atoms with Gasteiger partial charge in [-0.2, -0.15) is 0 Å². The highest BCUT2D eigenvalue weighted by molar-refractivity contribution is 7.89. The van der Waals surface area contributed by atoms with Gasteiger partial charge in [0.05, 0.1) is 17.0 Å². The third-order valence-corrected chi connectivity index (χ3v) is 6.96. The molecule has 7 heteroatoms. The normalized spacial score (nSPS) is 11.6. The van der Waals surface area contributed by atoms with E-state index in [9.17, 15) is 13.2 Å². The third-order valence-electron chi connectivity index (χ3n) is 5.21. The molecule has 0 saturated heterocycles. The third kappa shape index (κ3) is 6.02. The van der Waals surface area contributed by atoms with E-state index in [1.54, 1.807) is 79.1 Å². The Hall–Kier alpha value is -4.23. The number of aromatic nitrogens is 1. The first-order valence-electron chi connectivity index (χ1n) is 11.0. The van der Waals surface area contributed by atoms with E-state index in [2.05, 4.69) is 4.98 Å². The van der Waals surface area contributed by atoms with E-state index in [1.165, 1.54) is 6.08 Å². The molecule has 0 spiro atoms. The lowest BCUT2D eigenvalue weighted by molar-refractivity contribution is 0.0561. The molecular formula is C28H24N2O4S. The fourth-order valence-corrected chi connectivity index (χ4v) is 4.73. The van der Waals surface area contributed by atoms with Crippen LogP contribution in [0.2, 0.25) is 0 Å². The molecule has 3 aromatic carbocycles. The number of benzene rings is 3. The minimum atomic E-state index is -4.10. The average molecular weight is 485 g/mol. The standard InChI is InChI=1S/C28H24N2O4S/c1-22-14-16-26(17-15-22)35(32,33)30(21-23-9-4-2-5-10-23)27(19-24-11-8-18-29-20-24)34-28(31)25-12-6-3-7-13-25/h2-20H,21H2,1H3/b27-19+. The van der Waals surface area contributed by atoms with Gasteiger partial charge < -0.3 is 4.74 Å². The molecule has 35 heavy (non-hydrogen) atoms. The minimum Gasteiger partial charge on any atom is -0.405 e. The summed E-state index contributed by atoms with van der Waals surface area (Å²) in [5.41, 5.74) is 2.55. The largest absolute Gasteiger partial charge is 0.405 e. The average Bonchev–Trinajstić information content (AvgIpc) is 2.89. The molecule has 1 aromatic heterocycles. The summed E-state index contributed by atoms with van der Waals surface area (Å²) in [4.78, 5) is 17.2. The molecule has 0 atom stereocenters. The number of pyridine rings is 1. The van der Waals surface area contributed by atoms with Crippen molar-refractivity contribution in [2.24, 2.45) is 0 Å². The number of rotatable bonds is 8. The zero-order valence-corrected chi connectivity index (χ0v) is 19.9. The molecule has 4 rings (SSSR count). The minimum absolute atomic E-state index is 0.0365. The van der Waals surface area contributed by atoms with Crippen LogP contribution >= 0.6 is 0 Å². The fourth-order valence-electron chi connectivity index (χ4n) is 3.35. The monoisotopic (exact) mass is 484 g/mol. The Bertz CT molecular complexity index is 1400. The van der Waals surface area contributed by atoms with E-state index in [0.717, 1.165) is 15.4 Å². The number of aryl methyl sites for hydroxylation is 1.